The van der Waals surface area contributed by atoms with E-state index in [1.807, 2.05) is 4.90 Å². The van der Waals surface area contributed by atoms with Crippen molar-refractivity contribution in [3.8, 4) is 0 Å². The van der Waals surface area contributed by atoms with Crippen LogP contribution in [0.15, 0.2) is 24.3 Å². The summed E-state index contributed by atoms with van der Waals surface area (Å²) in [5.74, 6) is -0.944. The molecule has 1 saturated carbocycles. The Kier molecular flexibility index (Phi) is 8.42. The number of carboxylic acids is 1. The number of carboxylic acid groups (broad SMARTS) is 1. The Morgan fingerprint density at radius 2 is 1.62 bits per heavy atom. The molecule has 6 heteroatoms. The van der Waals surface area contributed by atoms with Gasteiger partial charge in [-0.2, -0.15) is 0 Å². The van der Waals surface area contributed by atoms with Crippen LogP contribution in [-0.4, -0.2) is 46.0 Å². The van der Waals surface area contributed by atoms with Crippen molar-refractivity contribution >= 4 is 12.0 Å². The zero-order chi connectivity index (χ0) is 16.8. The van der Waals surface area contributed by atoms with Crippen LogP contribution in [0.4, 0.5) is 4.79 Å². The van der Waals surface area contributed by atoms with Gasteiger partial charge in [0.05, 0.1) is 5.56 Å². The molecule has 0 unspecified atom stereocenters. The summed E-state index contributed by atoms with van der Waals surface area (Å²) in [6, 6.07) is 6.91. The van der Waals surface area contributed by atoms with Gasteiger partial charge in [0.1, 0.15) is 0 Å². The molecular weight excluding hydrogens is 482 g/mol. The summed E-state index contributed by atoms with van der Waals surface area (Å²) in [4.78, 5) is 27.2. The predicted octanol–water partition coefficient (Wildman–Crippen LogP) is 3.22. The smallest absolute Gasteiger partial charge is 0.478 e. The number of benzene rings is 1. The van der Waals surface area contributed by atoms with Gasteiger partial charge in [-0.15, -0.1) is 13.1 Å². The van der Waals surface area contributed by atoms with Gasteiger partial charge < -0.3 is 28.8 Å². The molecule has 1 fully saturated rings. The Morgan fingerprint density at radius 1 is 1.08 bits per heavy atom. The monoisotopic (exact) mass is 508 g/mol. The number of hydrogen-bond donors (Lipinski definition) is 1. The molecule has 2 amide bonds. The van der Waals surface area contributed by atoms with Crippen LogP contribution >= 0.6 is 0 Å². The van der Waals surface area contributed by atoms with Gasteiger partial charge in [-0.05, 0) is 30.5 Å². The average molecular weight is 507 g/mol. The Balaban J connectivity index is 0.00000288. The van der Waals surface area contributed by atoms with Gasteiger partial charge in [0, 0.05) is 12.6 Å². The molecule has 1 aliphatic rings. The zero-order valence-electron chi connectivity index (χ0n) is 13.8. The predicted molar refractivity (Wildman–Crippen MR) is 88.9 cm³/mol. The fourth-order valence-corrected chi connectivity index (χ4v) is 3.00. The number of carbonyl (C=O) groups is 2. The molecule has 1 aliphatic carbocycles. The fraction of sp³-hybridized carbons (Fsp3) is 0.444. The van der Waals surface area contributed by atoms with Crippen LogP contribution in [0.5, 0.6) is 0 Å². The summed E-state index contributed by atoms with van der Waals surface area (Å²) in [6.07, 6.45) is 4.31. The first kappa shape index (κ1) is 20.6. The molecule has 5 nitrogen and oxygen atoms in total. The van der Waals surface area contributed by atoms with E-state index < -0.39 is 5.97 Å². The minimum atomic E-state index is -0.944. The fourth-order valence-electron chi connectivity index (χ4n) is 3.00. The minimum Gasteiger partial charge on any atom is -0.478 e. The molecule has 0 spiro atoms. The van der Waals surface area contributed by atoms with E-state index in [0.29, 0.717) is 19.6 Å². The van der Waals surface area contributed by atoms with Crippen LogP contribution in [0.3, 0.4) is 0 Å². The molecule has 0 radical (unpaired) electrons. The van der Waals surface area contributed by atoms with Crippen LogP contribution in [0, 0.1) is 13.8 Å². The maximum atomic E-state index is 12.7. The van der Waals surface area contributed by atoms with Gasteiger partial charge in [0.25, 0.3) is 0 Å². The van der Waals surface area contributed by atoms with E-state index in [9.17, 15) is 9.59 Å². The van der Waals surface area contributed by atoms with Crippen molar-refractivity contribution in [2.45, 2.75) is 38.3 Å². The van der Waals surface area contributed by atoms with E-state index in [0.717, 1.165) is 31.2 Å². The van der Waals surface area contributed by atoms with Crippen molar-refractivity contribution in [1.29, 1.82) is 0 Å². The number of urea groups is 1. The van der Waals surface area contributed by atoms with Crippen molar-refractivity contribution in [2.24, 2.45) is 0 Å². The number of hydrogen-bond acceptors (Lipinski definition) is 2. The van der Waals surface area contributed by atoms with E-state index in [1.165, 1.54) is 0 Å². The van der Waals surface area contributed by atoms with Crippen LogP contribution in [0.2, 0.25) is 0 Å². The zero-order valence-corrected chi connectivity index (χ0v) is 16.3. The molecule has 24 heavy (non-hydrogen) atoms. The van der Waals surface area contributed by atoms with Gasteiger partial charge in [-0.25, -0.2) is 9.59 Å². The summed E-state index contributed by atoms with van der Waals surface area (Å²) in [5, 5.41) is 8.97. The second kappa shape index (κ2) is 9.79. The third kappa shape index (κ3) is 5.04. The molecular formula is C18H24N2O3Os. The summed E-state index contributed by atoms with van der Waals surface area (Å²) in [6.45, 7) is 8.87. The van der Waals surface area contributed by atoms with Crippen LogP contribution in [-0.2, 0) is 26.3 Å². The van der Waals surface area contributed by atoms with Gasteiger partial charge in [-0.3, -0.25) is 0 Å². The molecule has 1 aromatic rings. The van der Waals surface area contributed by atoms with E-state index in [2.05, 4.69) is 13.8 Å². The van der Waals surface area contributed by atoms with Crippen molar-refractivity contribution in [3.63, 3.8) is 0 Å². The Bertz CT molecular complexity index is 538. The molecule has 2 rings (SSSR count). The number of rotatable bonds is 6. The van der Waals surface area contributed by atoms with E-state index in [4.69, 9.17) is 5.11 Å². The summed E-state index contributed by atoms with van der Waals surface area (Å²) >= 11 is 0. The maximum absolute atomic E-state index is 12.7. The van der Waals surface area contributed by atoms with E-state index >= 15 is 0 Å². The summed E-state index contributed by atoms with van der Waals surface area (Å²) in [5.41, 5.74) is 1.19. The quantitative estimate of drug-likeness (QED) is 0.603. The molecule has 1 N–H and O–H groups in total. The van der Waals surface area contributed by atoms with Gasteiger partial charge in [0.2, 0.25) is 0 Å². The molecule has 0 aromatic heterocycles. The van der Waals surface area contributed by atoms with Gasteiger partial charge in [0.15, 0.2) is 0 Å². The number of aromatic carboxylic acids is 1. The summed E-state index contributed by atoms with van der Waals surface area (Å²) < 4.78 is 0. The standard InChI is InChI=1S/C18H24N2O3.Os/c1-3-19(4-2)18(23)20(16-7-5-6-8-16)13-14-9-11-15(12-10-14)17(21)22;/h9-12,16H,1-8,13H2,(H,21,22);/q-2;+2. The third-order valence-electron chi connectivity index (χ3n) is 4.38. The molecule has 0 atom stereocenters. The molecule has 132 valence electrons. The molecule has 0 bridgehead atoms. The first-order valence-electron chi connectivity index (χ1n) is 8.03. The van der Waals surface area contributed by atoms with Crippen LogP contribution in [0.25, 0.3) is 0 Å². The van der Waals surface area contributed by atoms with Crippen molar-refractivity contribution in [3.05, 3.63) is 49.2 Å². The van der Waals surface area contributed by atoms with Gasteiger partial charge in [-0.1, -0.05) is 25.0 Å². The Labute approximate surface area is 157 Å². The van der Waals surface area contributed by atoms with Gasteiger partial charge >= 0.3 is 31.8 Å². The SMILES string of the molecule is [CH2-]CN(C[CH2-])C(=O)N(Cc1ccc(C(=O)O)cc1)C1CCCC1.[Os+2]. The first-order valence-corrected chi connectivity index (χ1v) is 8.03. The first-order chi connectivity index (χ1) is 11.1. The summed E-state index contributed by atoms with van der Waals surface area (Å²) in [7, 11) is 0. The second-order valence-corrected chi connectivity index (χ2v) is 5.84. The van der Waals surface area contributed by atoms with Crippen molar-refractivity contribution in [2.75, 3.05) is 13.1 Å². The normalized spacial score (nSPS) is 14.1. The largest absolute Gasteiger partial charge is 2.00 e. The van der Waals surface area contributed by atoms with Crippen LogP contribution < -0.4 is 0 Å². The van der Waals surface area contributed by atoms with Crippen molar-refractivity contribution in [1.82, 2.24) is 9.80 Å². The van der Waals surface area contributed by atoms with Crippen molar-refractivity contribution < 1.29 is 34.5 Å². The third-order valence-corrected chi connectivity index (χ3v) is 4.38. The maximum Gasteiger partial charge on any atom is 2.00 e. The number of carbonyl (C=O) groups excluding carboxylic acids is 1. The topological polar surface area (TPSA) is 60.9 Å². The van der Waals surface area contributed by atoms with E-state index in [1.54, 1.807) is 29.2 Å². The average Bonchev–Trinajstić information content (AvgIpc) is 3.08. The molecule has 1 aromatic carbocycles. The number of amides is 2. The minimum absolute atomic E-state index is 0. The van der Waals surface area contributed by atoms with Crippen LogP contribution in [0.1, 0.15) is 41.6 Å². The Hall–Kier alpha value is -1.40. The second-order valence-electron chi connectivity index (χ2n) is 5.84. The Morgan fingerprint density at radius 3 is 2.08 bits per heavy atom. The number of nitrogens with zero attached hydrogens (tertiary/aromatic N) is 2. The molecule has 0 heterocycles. The molecule has 0 aliphatic heterocycles. The van der Waals surface area contributed by atoms with E-state index in [-0.39, 0.29) is 37.4 Å². The molecule has 0 saturated heterocycles.